The molecule has 3 aromatic rings. The molecule has 0 aliphatic carbocycles. The molecule has 4 rings (SSSR count). The van der Waals surface area contributed by atoms with Gasteiger partial charge in [-0.1, -0.05) is 18.2 Å². The van der Waals surface area contributed by atoms with E-state index in [1.807, 2.05) is 0 Å². The lowest BCUT2D eigenvalue weighted by Crippen LogP contribution is -2.42. The molecule has 1 aromatic carbocycles. The summed E-state index contributed by atoms with van der Waals surface area (Å²) in [6.07, 6.45) is -3.32. The van der Waals surface area contributed by atoms with Crippen LogP contribution in [0.5, 0.6) is 11.8 Å². The number of aromatic nitrogens is 4. The van der Waals surface area contributed by atoms with Crippen LogP contribution in [0.2, 0.25) is 0 Å². The maximum Gasteiger partial charge on any atom is 0.367 e. The first-order valence-corrected chi connectivity index (χ1v) is 10.9. The highest BCUT2D eigenvalue weighted by atomic mass is 31.1. The van der Waals surface area contributed by atoms with Crippen molar-refractivity contribution < 1.29 is 32.6 Å². The Labute approximate surface area is 183 Å². The van der Waals surface area contributed by atoms with Gasteiger partial charge in [-0.05, 0) is 19.1 Å². The van der Waals surface area contributed by atoms with Gasteiger partial charge in [0, 0.05) is 7.05 Å². The number of para-hydroxylation sites is 1. The van der Waals surface area contributed by atoms with Crippen LogP contribution in [0.25, 0.3) is 11.2 Å². The van der Waals surface area contributed by atoms with Crippen LogP contribution >= 0.6 is 8.25 Å². The first kappa shape index (κ1) is 22.4. The van der Waals surface area contributed by atoms with E-state index in [4.69, 9.17) is 18.5 Å². The molecule has 1 fully saturated rings. The third-order valence-corrected chi connectivity index (χ3v) is 5.89. The molecule has 13 heteroatoms. The molecule has 11 nitrogen and oxygen atoms in total. The lowest BCUT2D eigenvalue weighted by Gasteiger charge is -2.26. The number of imidazole rings is 1. The number of ether oxygens (including phenoxy) is 2. The number of nitrogens with zero attached hydrogens (tertiary/aromatic N) is 4. The molecule has 1 saturated heterocycles. The van der Waals surface area contributed by atoms with Crippen molar-refractivity contribution in [3.63, 3.8) is 0 Å². The zero-order chi connectivity index (χ0) is 22.9. The smallest absolute Gasteiger partial charge is 0.367 e. The van der Waals surface area contributed by atoms with Crippen LogP contribution in [0.15, 0.2) is 36.7 Å². The quantitative estimate of drug-likeness (QED) is 0.476. The maximum atomic E-state index is 15.1. The predicted molar refractivity (Wildman–Crippen MR) is 113 cm³/mol. The standard InChI is InChI=1S/C19H23FN5O6P/c1-19(9-29-32(27)31-11-7-5-4-6-8-11)14(26)12(20)17(30-19)25-10-22-13-15(21-2)23-18(28-3)24-16(13)25/h4-8,10,12,14,17,26,32H,9H2,1-3H3,(H,21,23,24)/t12-,14+,17-,19-/m1/s1. The summed E-state index contributed by atoms with van der Waals surface area (Å²) in [5.74, 6) is 0.761. The number of methoxy groups -OCH3 is 1. The summed E-state index contributed by atoms with van der Waals surface area (Å²) in [6, 6.07) is 8.54. The Morgan fingerprint density at radius 3 is 2.78 bits per heavy atom. The number of alkyl halides is 1. The summed E-state index contributed by atoms with van der Waals surface area (Å²) in [6.45, 7) is 1.11. The van der Waals surface area contributed by atoms with Crippen molar-refractivity contribution in [1.82, 2.24) is 19.5 Å². The summed E-state index contributed by atoms with van der Waals surface area (Å²) in [5.41, 5.74) is -0.860. The van der Waals surface area contributed by atoms with Crippen molar-refractivity contribution in [2.45, 2.75) is 31.0 Å². The third kappa shape index (κ3) is 4.14. The van der Waals surface area contributed by atoms with Crippen molar-refractivity contribution in [3.05, 3.63) is 36.7 Å². The van der Waals surface area contributed by atoms with Crippen molar-refractivity contribution in [2.75, 3.05) is 26.1 Å². The van der Waals surface area contributed by atoms with Crippen molar-refractivity contribution >= 4 is 25.2 Å². The highest BCUT2D eigenvalue weighted by molar-refractivity contribution is 7.33. The highest BCUT2D eigenvalue weighted by Crippen LogP contribution is 2.42. The molecule has 32 heavy (non-hydrogen) atoms. The van der Waals surface area contributed by atoms with Crippen LogP contribution in [0.4, 0.5) is 10.2 Å². The first-order valence-electron chi connectivity index (χ1n) is 9.72. The second-order valence-electron chi connectivity index (χ2n) is 7.30. The van der Waals surface area contributed by atoms with E-state index in [1.54, 1.807) is 37.4 Å². The van der Waals surface area contributed by atoms with Gasteiger partial charge in [-0.25, -0.2) is 13.9 Å². The number of nitrogens with one attached hydrogen (secondary N) is 1. The number of benzene rings is 1. The Morgan fingerprint density at radius 2 is 2.09 bits per heavy atom. The van der Waals surface area contributed by atoms with E-state index in [0.717, 1.165) is 0 Å². The second kappa shape index (κ2) is 8.99. The number of halogens is 1. The number of aliphatic hydroxyl groups excluding tert-OH is 1. The molecular weight excluding hydrogens is 444 g/mol. The van der Waals surface area contributed by atoms with E-state index in [-0.39, 0.29) is 18.3 Å². The molecule has 2 aromatic heterocycles. The van der Waals surface area contributed by atoms with Gasteiger partial charge in [-0.15, -0.1) is 0 Å². The topological polar surface area (TPSA) is 130 Å². The average molecular weight is 467 g/mol. The normalized spacial score (nSPS) is 26.2. The number of rotatable bonds is 8. The van der Waals surface area contributed by atoms with Gasteiger partial charge >= 0.3 is 14.3 Å². The Kier molecular flexibility index (Phi) is 6.29. The van der Waals surface area contributed by atoms with Gasteiger partial charge in [0.15, 0.2) is 29.4 Å². The number of hydrogen-bond acceptors (Lipinski definition) is 10. The van der Waals surface area contributed by atoms with E-state index < -0.39 is 32.4 Å². The molecule has 0 amide bonds. The van der Waals surface area contributed by atoms with Crippen molar-refractivity contribution in [1.29, 1.82) is 0 Å². The van der Waals surface area contributed by atoms with Gasteiger partial charge in [-0.3, -0.25) is 9.09 Å². The minimum Gasteiger partial charge on any atom is -0.467 e. The van der Waals surface area contributed by atoms with E-state index in [2.05, 4.69) is 20.3 Å². The van der Waals surface area contributed by atoms with Crippen LogP contribution in [0.3, 0.4) is 0 Å². The van der Waals surface area contributed by atoms with Gasteiger partial charge in [0.1, 0.15) is 17.5 Å². The molecule has 0 radical (unpaired) electrons. The molecule has 0 saturated carbocycles. The number of fused-ring (bicyclic) bond motifs is 1. The van der Waals surface area contributed by atoms with Crippen LogP contribution < -0.4 is 14.6 Å². The molecule has 1 unspecified atom stereocenters. The molecule has 172 valence electrons. The molecule has 5 atom stereocenters. The van der Waals surface area contributed by atoms with Gasteiger partial charge in [0.25, 0.3) is 0 Å². The van der Waals surface area contributed by atoms with Gasteiger partial charge < -0.3 is 24.4 Å². The fraction of sp³-hybridized carbons (Fsp3) is 0.421. The summed E-state index contributed by atoms with van der Waals surface area (Å²) in [5, 5.41) is 13.4. The van der Waals surface area contributed by atoms with Crippen molar-refractivity contribution in [2.24, 2.45) is 0 Å². The van der Waals surface area contributed by atoms with Crippen LogP contribution in [0.1, 0.15) is 13.2 Å². The van der Waals surface area contributed by atoms with Gasteiger partial charge in [0.05, 0.1) is 20.0 Å². The van der Waals surface area contributed by atoms with Crippen LogP contribution in [-0.2, 0) is 13.8 Å². The Bertz CT molecular complexity index is 1120. The zero-order valence-corrected chi connectivity index (χ0v) is 18.6. The monoisotopic (exact) mass is 467 g/mol. The molecule has 1 aliphatic heterocycles. The molecular formula is C19H23FN5O6P. The number of aliphatic hydroxyl groups is 1. The average Bonchev–Trinajstić information content (AvgIpc) is 3.32. The molecule has 2 N–H and O–H groups in total. The van der Waals surface area contributed by atoms with E-state index in [9.17, 15) is 9.67 Å². The minimum atomic E-state index is -2.96. The van der Waals surface area contributed by atoms with Crippen LogP contribution in [0, 0.1) is 0 Å². The summed E-state index contributed by atoms with van der Waals surface area (Å²) in [4.78, 5) is 12.6. The van der Waals surface area contributed by atoms with E-state index >= 15 is 4.39 Å². The Morgan fingerprint density at radius 1 is 1.34 bits per heavy atom. The second-order valence-corrected chi connectivity index (χ2v) is 8.29. The molecule has 1 aliphatic rings. The van der Waals surface area contributed by atoms with Gasteiger partial charge in [0.2, 0.25) is 0 Å². The highest BCUT2D eigenvalue weighted by Gasteiger charge is 2.54. The zero-order valence-electron chi connectivity index (χ0n) is 17.6. The van der Waals surface area contributed by atoms with Crippen LogP contribution in [-0.4, -0.2) is 63.3 Å². The molecule has 0 spiro atoms. The maximum absolute atomic E-state index is 15.1. The predicted octanol–water partition coefficient (Wildman–Crippen LogP) is 2.35. The number of anilines is 1. The van der Waals surface area contributed by atoms with E-state index in [1.165, 1.54) is 24.9 Å². The SMILES string of the molecule is CNc1nc(OC)nc2c1ncn2[C@@H]1O[C@](C)(CO[PH](=O)Oc2ccccc2)[C@@H](O)[C@H]1F. The lowest BCUT2D eigenvalue weighted by molar-refractivity contribution is -0.110. The van der Waals surface area contributed by atoms with Gasteiger partial charge in [-0.2, -0.15) is 9.97 Å². The first-order chi connectivity index (χ1) is 15.4. The lowest BCUT2D eigenvalue weighted by atomic mass is 9.99. The summed E-state index contributed by atoms with van der Waals surface area (Å²) in [7, 11) is 0.103. The van der Waals surface area contributed by atoms with Crippen molar-refractivity contribution in [3.8, 4) is 11.8 Å². The third-order valence-electron chi connectivity index (χ3n) is 5.11. The fourth-order valence-electron chi connectivity index (χ4n) is 3.40. The van der Waals surface area contributed by atoms with E-state index in [0.29, 0.717) is 17.1 Å². The Balaban J connectivity index is 1.53. The largest absolute Gasteiger partial charge is 0.467 e. The summed E-state index contributed by atoms with van der Waals surface area (Å²) < 4.78 is 50.1. The molecule has 3 heterocycles. The fourth-order valence-corrected chi connectivity index (χ4v) is 4.19. The minimum absolute atomic E-state index is 0.0558. The Hall–Kier alpha value is -2.79. The number of hydrogen-bond donors (Lipinski definition) is 2. The molecule has 0 bridgehead atoms. The summed E-state index contributed by atoms with van der Waals surface area (Å²) >= 11 is 0.